The molecule has 2 aromatic rings. The van der Waals surface area contributed by atoms with Gasteiger partial charge in [-0.1, -0.05) is 12.1 Å². The van der Waals surface area contributed by atoms with E-state index in [1.807, 2.05) is 19.1 Å². The Morgan fingerprint density at radius 3 is 2.76 bits per heavy atom. The monoisotopic (exact) mass is 353 g/mol. The summed E-state index contributed by atoms with van der Waals surface area (Å²) in [6.07, 6.45) is 0. The van der Waals surface area contributed by atoms with Gasteiger partial charge in [0.25, 0.3) is 0 Å². The molecule has 0 aliphatic carbocycles. The zero-order valence-corrected chi connectivity index (χ0v) is 13.4. The maximum Gasteiger partial charge on any atom is 0.172 e. The van der Waals surface area contributed by atoms with Crippen LogP contribution in [0, 0.1) is 5.82 Å². The minimum Gasteiger partial charge on any atom is -0.503 e. The number of rotatable bonds is 5. The number of phenols is 1. The predicted octanol–water partition coefficient (Wildman–Crippen LogP) is 4.15. The fraction of sp³-hybridized carbons (Fsp3) is 0.250. The summed E-state index contributed by atoms with van der Waals surface area (Å²) in [7, 11) is 1.51. The van der Waals surface area contributed by atoms with Crippen molar-refractivity contribution in [3.8, 4) is 11.5 Å². The molecule has 0 saturated heterocycles. The lowest BCUT2D eigenvalue weighted by molar-refractivity contribution is 0.371. The third kappa shape index (κ3) is 3.95. The lowest BCUT2D eigenvalue weighted by atomic mass is 10.1. The van der Waals surface area contributed by atoms with Crippen LogP contribution >= 0.6 is 15.9 Å². The van der Waals surface area contributed by atoms with E-state index in [1.165, 1.54) is 19.2 Å². The Balaban J connectivity index is 2.08. The number of nitrogens with one attached hydrogen (secondary N) is 1. The molecule has 2 N–H and O–H groups in total. The molecule has 21 heavy (non-hydrogen) atoms. The van der Waals surface area contributed by atoms with Gasteiger partial charge in [-0.05, 0) is 58.2 Å². The fourth-order valence-corrected chi connectivity index (χ4v) is 2.54. The maximum atomic E-state index is 13.2. The highest BCUT2D eigenvalue weighted by atomic mass is 79.9. The van der Waals surface area contributed by atoms with E-state index in [2.05, 4.69) is 21.2 Å². The van der Waals surface area contributed by atoms with Crippen LogP contribution in [0.5, 0.6) is 11.5 Å². The molecular weight excluding hydrogens is 337 g/mol. The van der Waals surface area contributed by atoms with Crippen LogP contribution < -0.4 is 10.1 Å². The van der Waals surface area contributed by atoms with Gasteiger partial charge < -0.3 is 15.2 Å². The first kappa shape index (κ1) is 15.8. The van der Waals surface area contributed by atoms with Crippen molar-refractivity contribution in [2.75, 3.05) is 7.11 Å². The van der Waals surface area contributed by atoms with Crippen LogP contribution in [0.25, 0.3) is 0 Å². The molecule has 0 spiro atoms. The largest absolute Gasteiger partial charge is 0.503 e. The predicted molar refractivity (Wildman–Crippen MR) is 84.0 cm³/mol. The number of hydrogen-bond acceptors (Lipinski definition) is 3. The second-order valence-corrected chi connectivity index (χ2v) is 5.64. The van der Waals surface area contributed by atoms with Crippen LogP contribution in [0.4, 0.5) is 4.39 Å². The van der Waals surface area contributed by atoms with Crippen molar-refractivity contribution < 1.29 is 14.2 Å². The van der Waals surface area contributed by atoms with Gasteiger partial charge in [0.05, 0.1) is 11.6 Å². The zero-order chi connectivity index (χ0) is 15.4. The maximum absolute atomic E-state index is 13.2. The van der Waals surface area contributed by atoms with Crippen molar-refractivity contribution in [3.05, 3.63) is 57.8 Å². The van der Waals surface area contributed by atoms with Crippen molar-refractivity contribution in [3.63, 3.8) is 0 Å². The summed E-state index contributed by atoms with van der Waals surface area (Å²) < 4.78 is 18.9. The summed E-state index contributed by atoms with van der Waals surface area (Å²) in [5, 5.41) is 13.1. The van der Waals surface area contributed by atoms with E-state index in [9.17, 15) is 9.50 Å². The average Bonchev–Trinajstić information content (AvgIpc) is 2.48. The van der Waals surface area contributed by atoms with Gasteiger partial charge >= 0.3 is 0 Å². The Labute approximate surface area is 131 Å². The second kappa shape index (κ2) is 6.91. The van der Waals surface area contributed by atoms with E-state index in [0.29, 0.717) is 16.8 Å². The molecule has 2 rings (SSSR count). The van der Waals surface area contributed by atoms with Crippen molar-refractivity contribution in [2.45, 2.75) is 19.5 Å². The Morgan fingerprint density at radius 1 is 1.33 bits per heavy atom. The molecule has 0 amide bonds. The number of aromatic hydroxyl groups is 1. The molecule has 0 aromatic heterocycles. The summed E-state index contributed by atoms with van der Waals surface area (Å²) >= 11 is 3.29. The van der Waals surface area contributed by atoms with Crippen molar-refractivity contribution in [1.29, 1.82) is 0 Å². The number of phenolic OH excluding ortho intramolecular Hbond substituents is 1. The van der Waals surface area contributed by atoms with Crippen LogP contribution in [0.2, 0.25) is 0 Å². The molecule has 0 fully saturated rings. The van der Waals surface area contributed by atoms with E-state index in [0.717, 1.165) is 11.1 Å². The van der Waals surface area contributed by atoms with Gasteiger partial charge in [-0.15, -0.1) is 0 Å². The molecule has 0 unspecified atom stereocenters. The molecule has 1 atom stereocenters. The highest BCUT2D eigenvalue weighted by Crippen LogP contribution is 2.35. The molecule has 0 heterocycles. The molecular formula is C16H17BrFNO2. The van der Waals surface area contributed by atoms with Crippen LogP contribution in [-0.4, -0.2) is 12.2 Å². The number of ether oxygens (including phenoxy) is 1. The van der Waals surface area contributed by atoms with Crippen molar-refractivity contribution in [1.82, 2.24) is 5.32 Å². The molecule has 112 valence electrons. The standard InChI is InChI=1S/C16H17BrFNO2/c1-10(12-4-3-5-13(18)8-12)19-9-11-6-14(17)16(20)15(7-11)21-2/h3-8,10,19-20H,9H2,1-2H3/t10-/m1/s1. The van der Waals surface area contributed by atoms with Gasteiger partial charge in [-0.3, -0.25) is 0 Å². The lowest BCUT2D eigenvalue weighted by Crippen LogP contribution is -2.18. The first-order chi connectivity index (χ1) is 10.0. The van der Waals surface area contributed by atoms with E-state index >= 15 is 0 Å². The molecule has 0 saturated carbocycles. The highest BCUT2D eigenvalue weighted by Gasteiger charge is 2.10. The smallest absolute Gasteiger partial charge is 0.172 e. The molecule has 0 bridgehead atoms. The second-order valence-electron chi connectivity index (χ2n) is 4.79. The summed E-state index contributed by atoms with van der Waals surface area (Å²) in [6, 6.07) is 10.1. The van der Waals surface area contributed by atoms with E-state index < -0.39 is 0 Å². The third-order valence-electron chi connectivity index (χ3n) is 3.27. The molecule has 0 radical (unpaired) electrons. The number of benzene rings is 2. The van der Waals surface area contributed by atoms with Gasteiger partial charge in [0.1, 0.15) is 5.82 Å². The average molecular weight is 354 g/mol. The SMILES string of the molecule is COc1cc(CN[C@H](C)c2cccc(F)c2)cc(Br)c1O. The van der Waals surface area contributed by atoms with Gasteiger partial charge in [-0.25, -0.2) is 4.39 Å². The molecule has 3 nitrogen and oxygen atoms in total. The fourth-order valence-electron chi connectivity index (χ4n) is 2.05. The van der Waals surface area contributed by atoms with Crippen molar-refractivity contribution >= 4 is 15.9 Å². The lowest BCUT2D eigenvalue weighted by Gasteiger charge is -2.15. The summed E-state index contributed by atoms with van der Waals surface area (Å²) in [4.78, 5) is 0. The zero-order valence-electron chi connectivity index (χ0n) is 11.9. The number of halogens is 2. The first-order valence-corrected chi connectivity index (χ1v) is 7.34. The molecule has 0 aliphatic heterocycles. The van der Waals surface area contributed by atoms with Crippen molar-refractivity contribution in [2.24, 2.45) is 0 Å². The number of methoxy groups -OCH3 is 1. The van der Waals surface area contributed by atoms with Gasteiger partial charge in [0.15, 0.2) is 11.5 Å². The normalized spacial score (nSPS) is 12.2. The Hall–Kier alpha value is -1.59. The Morgan fingerprint density at radius 2 is 2.10 bits per heavy atom. The summed E-state index contributed by atoms with van der Waals surface area (Å²) in [5.41, 5.74) is 1.85. The highest BCUT2D eigenvalue weighted by molar-refractivity contribution is 9.10. The van der Waals surface area contributed by atoms with Crippen LogP contribution in [0.15, 0.2) is 40.9 Å². The molecule has 0 aliphatic rings. The van der Waals surface area contributed by atoms with E-state index in [4.69, 9.17) is 4.74 Å². The molecule has 5 heteroatoms. The van der Waals surface area contributed by atoms with Crippen LogP contribution in [-0.2, 0) is 6.54 Å². The first-order valence-electron chi connectivity index (χ1n) is 6.55. The Kier molecular flexibility index (Phi) is 5.20. The topological polar surface area (TPSA) is 41.5 Å². The van der Waals surface area contributed by atoms with E-state index in [1.54, 1.807) is 12.1 Å². The van der Waals surface area contributed by atoms with Gasteiger partial charge in [0, 0.05) is 12.6 Å². The van der Waals surface area contributed by atoms with Gasteiger partial charge in [0.2, 0.25) is 0 Å². The quantitative estimate of drug-likeness (QED) is 0.848. The third-order valence-corrected chi connectivity index (χ3v) is 3.87. The number of hydrogen-bond donors (Lipinski definition) is 2. The Bertz CT molecular complexity index is 634. The minimum absolute atomic E-state index is 0.0132. The molecule has 2 aromatic carbocycles. The van der Waals surface area contributed by atoms with E-state index in [-0.39, 0.29) is 17.6 Å². The minimum atomic E-state index is -0.241. The van der Waals surface area contributed by atoms with Gasteiger partial charge in [-0.2, -0.15) is 0 Å². The summed E-state index contributed by atoms with van der Waals surface area (Å²) in [6.45, 7) is 2.55. The van der Waals surface area contributed by atoms with Crippen LogP contribution in [0.1, 0.15) is 24.1 Å². The summed E-state index contributed by atoms with van der Waals surface area (Å²) in [5.74, 6) is 0.259. The van der Waals surface area contributed by atoms with Crippen LogP contribution in [0.3, 0.4) is 0 Å².